The molecule has 0 heterocycles. The van der Waals surface area contributed by atoms with Crippen molar-refractivity contribution in [2.75, 3.05) is 0 Å². The third-order valence-electron chi connectivity index (χ3n) is 8.33. The zero-order valence-electron chi connectivity index (χ0n) is 15.2. The lowest BCUT2D eigenvalue weighted by Gasteiger charge is -2.57. The van der Waals surface area contributed by atoms with Crippen LogP contribution in [0.1, 0.15) is 65.7 Å². The van der Waals surface area contributed by atoms with Gasteiger partial charge in [0.1, 0.15) is 5.60 Å². The Kier molecular flexibility index (Phi) is 3.62. The molecule has 0 bridgehead atoms. The van der Waals surface area contributed by atoms with Gasteiger partial charge in [0, 0.05) is 11.8 Å². The minimum atomic E-state index is -1.13. The Hall–Kier alpha value is -0.960. The van der Waals surface area contributed by atoms with Crippen LogP contribution in [0.2, 0.25) is 0 Å². The summed E-state index contributed by atoms with van der Waals surface area (Å²) in [6.45, 7) is 6.06. The molecule has 3 nitrogen and oxygen atoms in total. The second kappa shape index (κ2) is 5.27. The number of aliphatic hydroxyl groups is 1. The third kappa shape index (κ3) is 2.00. The minimum Gasteiger partial charge on any atom is -0.382 e. The van der Waals surface area contributed by atoms with Gasteiger partial charge in [-0.3, -0.25) is 9.59 Å². The van der Waals surface area contributed by atoms with Crippen molar-refractivity contribution in [3.63, 3.8) is 0 Å². The molecule has 0 amide bonds. The number of hydrogen-bond donors (Lipinski definition) is 1. The molecule has 0 aromatic rings. The van der Waals surface area contributed by atoms with Crippen LogP contribution in [0.3, 0.4) is 0 Å². The summed E-state index contributed by atoms with van der Waals surface area (Å²) in [4.78, 5) is 24.1. The summed E-state index contributed by atoms with van der Waals surface area (Å²) in [5, 5.41) is 11.2. The predicted octanol–water partition coefficient (Wildman–Crippen LogP) is 3.69. The van der Waals surface area contributed by atoms with E-state index in [1.165, 1.54) is 5.57 Å². The smallest absolute Gasteiger partial charge is 0.161 e. The van der Waals surface area contributed by atoms with E-state index in [1.807, 2.05) is 6.08 Å². The van der Waals surface area contributed by atoms with Crippen LogP contribution in [0.15, 0.2) is 11.6 Å². The molecule has 1 N–H and O–H groups in total. The highest BCUT2D eigenvalue weighted by Crippen LogP contribution is 2.66. The van der Waals surface area contributed by atoms with Crippen molar-refractivity contribution in [1.82, 2.24) is 0 Å². The van der Waals surface area contributed by atoms with Crippen LogP contribution in [0.5, 0.6) is 0 Å². The van der Waals surface area contributed by atoms with Gasteiger partial charge >= 0.3 is 0 Å². The molecule has 4 aliphatic rings. The lowest BCUT2D eigenvalue weighted by molar-refractivity contribution is -0.163. The number of carbonyl (C=O) groups is 2. The van der Waals surface area contributed by atoms with Crippen molar-refractivity contribution < 1.29 is 14.7 Å². The van der Waals surface area contributed by atoms with Gasteiger partial charge in [0.05, 0.1) is 0 Å². The molecule has 0 radical (unpaired) electrons. The van der Waals surface area contributed by atoms with Crippen LogP contribution < -0.4 is 0 Å². The summed E-state index contributed by atoms with van der Waals surface area (Å²) in [6, 6.07) is 0. The van der Waals surface area contributed by atoms with Gasteiger partial charge in [0.25, 0.3) is 0 Å². The van der Waals surface area contributed by atoms with Gasteiger partial charge in [-0.1, -0.05) is 19.4 Å². The largest absolute Gasteiger partial charge is 0.382 e. The Bertz CT molecular complexity index is 621. The normalized spacial score (nSPS) is 50.6. The van der Waals surface area contributed by atoms with Crippen molar-refractivity contribution in [3.8, 4) is 0 Å². The summed E-state index contributed by atoms with van der Waals surface area (Å²) < 4.78 is 0. The molecular weight excluding hydrogens is 300 g/mol. The standard InChI is InChI=1S/C21H30O3/c1-12-11-20(3)18(8-9-21(20,24)13(2)22)17-6-4-14-10-15(23)5-7-16(14)19(12)17/h10,12,16-19,24H,4-9,11H2,1-3H3/t12-,16-,17-,18-,19+,20-,21-/m0/s1. The highest BCUT2D eigenvalue weighted by atomic mass is 16.3. The number of fused-ring (bicyclic) bond motifs is 5. The van der Waals surface area contributed by atoms with Gasteiger partial charge in [0.15, 0.2) is 11.6 Å². The first-order chi connectivity index (χ1) is 11.3. The maximum absolute atomic E-state index is 12.3. The van der Waals surface area contributed by atoms with E-state index in [-0.39, 0.29) is 11.2 Å². The SMILES string of the molecule is CC(=O)[C@@]1(O)CC[C@H]2[C@@H]3CCC4=CC(=O)CC[C@@H]4[C@H]3[C@@H](C)C[C@@]21C. The second-order valence-electron chi connectivity index (χ2n) is 9.27. The van der Waals surface area contributed by atoms with Gasteiger partial charge in [0.2, 0.25) is 0 Å². The first-order valence-electron chi connectivity index (χ1n) is 9.74. The average Bonchev–Trinajstić information content (AvgIpc) is 2.79. The first-order valence-corrected chi connectivity index (χ1v) is 9.74. The Morgan fingerprint density at radius 3 is 2.71 bits per heavy atom. The Labute approximate surface area is 144 Å². The van der Waals surface area contributed by atoms with Crippen LogP contribution in [0.25, 0.3) is 0 Å². The molecule has 4 aliphatic carbocycles. The van der Waals surface area contributed by atoms with Gasteiger partial charge < -0.3 is 5.11 Å². The monoisotopic (exact) mass is 330 g/mol. The van der Waals surface area contributed by atoms with Crippen molar-refractivity contribution in [1.29, 1.82) is 0 Å². The lowest BCUT2D eigenvalue weighted by Crippen LogP contribution is -2.57. The van der Waals surface area contributed by atoms with Crippen LogP contribution in [-0.2, 0) is 9.59 Å². The Morgan fingerprint density at radius 1 is 1.25 bits per heavy atom. The molecule has 0 saturated heterocycles. The molecule has 4 rings (SSSR count). The van der Waals surface area contributed by atoms with Crippen molar-refractivity contribution in [2.45, 2.75) is 71.3 Å². The molecule has 3 heteroatoms. The third-order valence-corrected chi connectivity index (χ3v) is 8.33. The van der Waals surface area contributed by atoms with E-state index >= 15 is 0 Å². The number of allylic oxidation sites excluding steroid dienone is 1. The summed E-state index contributed by atoms with van der Waals surface area (Å²) in [6.07, 6.45) is 8.35. The maximum atomic E-state index is 12.3. The molecule has 7 atom stereocenters. The Morgan fingerprint density at radius 2 is 2.00 bits per heavy atom. The fourth-order valence-electron chi connectivity index (χ4n) is 7.34. The molecular formula is C21H30O3. The van der Waals surface area contributed by atoms with E-state index in [9.17, 15) is 14.7 Å². The lowest BCUT2D eigenvalue weighted by atomic mass is 9.47. The quantitative estimate of drug-likeness (QED) is 0.797. The number of rotatable bonds is 1. The summed E-state index contributed by atoms with van der Waals surface area (Å²) in [5.41, 5.74) is -0.0107. The molecule has 3 saturated carbocycles. The average molecular weight is 330 g/mol. The molecule has 3 fully saturated rings. The highest BCUT2D eigenvalue weighted by Gasteiger charge is 2.65. The minimum absolute atomic E-state index is 0.0437. The molecule has 24 heavy (non-hydrogen) atoms. The highest BCUT2D eigenvalue weighted by molar-refractivity contribution is 5.91. The zero-order valence-corrected chi connectivity index (χ0v) is 15.2. The molecule has 0 spiro atoms. The van der Waals surface area contributed by atoms with E-state index < -0.39 is 5.60 Å². The van der Waals surface area contributed by atoms with Crippen LogP contribution in [0.4, 0.5) is 0 Å². The number of carbonyl (C=O) groups excluding carboxylic acids is 2. The number of Topliss-reactive ketones (excluding diaryl/α,β-unsaturated/α-hetero) is 1. The fourth-order valence-corrected chi connectivity index (χ4v) is 7.34. The van der Waals surface area contributed by atoms with Gasteiger partial charge in [-0.2, -0.15) is 0 Å². The van der Waals surface area contributed by atoms with Crippen molar-refractivity contribution in [2.24, 2.45) is 35.0 Å². The van der Waals surface area contributed by atoms with E-state index in [2.05, 4.69) is 13.8 Å². The Balaban J connectivity index is 1.70. The topological polar surface area (TPSA) is 54.4 Å². The molecule has 0 aromatic carbocycles. The predicted molar refractivity (Wildman–Crippen MR) is 92.3 cm³/mol. The van der Waals surface area contributed by atoms with E-state index in [1.54, 1.807) is 6.92 Å². The van der Waals surface area contributed by atoms with Crippen molar-refractivity contribution >= 4 is 11.6 Å². The van der Waals surface area contributed by atoms with Crippen LogP contribution in [0, 0.1) is 35.0 Å². The van der Waals surface area contributed by atoms with Crippen LogP contribution in [-0.4, -0.2) is 22.3 Å². The van der Waals surface area contributed by atoms with Gasteiger partial charge in [-0.15, -0.1) is 0 Å². The van der Waals surface area contributed by atoms with Gasteiger partial charge in [-0.05, 0) is 81.1 Å². The van der Waals surface area contributed by atoms with E-state index in [4.69, 9.17) is 0 Å². The molecule has 0 aliphatic heterocycles. The zero-order chi connectivity index (χ0) is 17.3. The molecule has 0 aromatic heterocycles. The van der Waals surface area contributed by atoms with E-state index in [0.717, 1.165) is 32.1 Å². The van der Waals surface area contributed by atoms with Gasteiger partial charge in [-0.25, -0.2) is 0 Å². The molecule has 132 valence electrons. The second-order valence-corrected chi connectivity index (χ2v) is 9.27. The van der Waals surface area contributed by atoms with Crippen molar-refractivity contribution in [3.05, 3.63) is 11.6 Å². The number of hydrogen-bond acceptors (Lipinski definition) is 3. The molecule has 0 unspecified atom stereocenters. The fraction of sp³-hybridized carbons (Fsp3) is 0.810. The maximum Gasteiger partial charge on any atom is 0.161 e. The number of ketones is 2. The van der Waals surface area contributed by atoms with Crippen LogP contribution >= 0.6 is 0 Å². The summed E-state index contributed by atoms with van der Waals surface area (Å²) in [5.74, 6) is 3.01. The first kappa shape index (κ1) is 16.5. The van der Waals surface area contributed by atoms with E-state index in [0.29, 0.717) is 48.2 Å². The summed E-state index contributed by atoms with van der Waals surface area (Å²) >= 11 is 0. The summed E-state index contributed by atoms with van der Waals surface area (Å²) in [7, 11) is 0.